The smallest absolute Gasteiger partial charge is 0.318 e. The van der Waals surface area contributed by atoms with Gasteiger partial charge in [-0.1, -0.05) is 20.8 Å². The molecule has 0 aliphatic rings. The van der Waals surface area contributed by atoms with Crippen LogP contribution in [-0.2, 0) is 19.6 Å². The number of carbonyl (C=O) groups excluding carboxylic acids is 1. The predicted octanol–water partition coefficient (Wildman–Crippen LogP) is -0.766. The maximum Gasteiger partial charge on any atom is 0.318 e. The number of nitrogens with two attached hydrogens (primary N) is 1. The van der Waals surface area contributed by atoms with Crippen molar-refractivity contribution >= 4 is 21.9 Å². The van der Waals surface area contributed by atoms with Crippen molar-refractivity contribution in [2.45, 2.75) is 20.8 Å². The molecule has 0 saturated carbocycles. The number of nitrogens with zero attached hydrogens (tertiary/aromatic N) is 1. The lowest BCUT2D eigenvalue weighted by Crippen LogP contribution is -2.44. The molecule has 3 N–H and O–H groups in total. The van der Waals surface area contributed by atoms with E-state index in [-0.39, 0.29) is 5.75 Å². The summed E-state index contributed by atoms with van der Waals surface area (Å²) >= 11 is 0. The van der Waals surface area contributed by atoms with Gasteiger partial charge < -0.3 is 10.8 Å². The minimum absolute atomic E-state index is 0.249. The highest BCUT2D eigenvalue weighted by molar-refractivity contribution is 7.89. The van der Waals surface area contributed by atoms with Crippen molar-refractivity contribution in [1.82, 2.24) is 4.31 Å². The largest absolute Gasteiger partial charge is 0.480 e. The first kappa shape index (κ1) is 15.9. The highest BCUT2D eigenvalue weighted by atomic mass is 32.2. The maximum absolute atomic E-state index is 11.9. The van der Waals surface area contributed by atoms with E-state index >= 15 is 0 Å². The lowest BCUT2D eigenvalue weighted by molar-refractivity contribution is -0.137. The van der Waals surface area contributed by atoms with Crippen LogP contribution in [-0.4, -0.2) is 48.5 Å². The molecule has 0 rings (SSSR count). The number of hydrogen-bond acceptors (Lipinski definition) is 4. The summed E-state index contributed by atoms with van der Waals surface area (Å²) in [6.07, 6.45) is 0. The van der Waals surface area contributed by atoms with Crippen LogP contribution in [0.2, 0.25) is 0 Å². The van der Waals surface area contributed by atoms with Crippen LogP contribution in [0.5, 0.6) is 0 Å². The Labute approximate surface area is 101 Å². The maximum atomic E-state index is 11.9. The van der Waals surface area contributed by atoms with Crippen LogP contribution >= 0.6 is 0 Å². The Morgan fingerprint density at radius 2 is 1.71 bits per heavy atom. The van der Waals surface area contributed by atoms with E-state index in [2.05, 4.69) is 0 Å². The lowest BCUT2D eigenvalue weighted by atomic mass is 10.0. The Morgan fingerprint density at radius 3 is 2.00 bits per heavy atom. The first-order valence-electron chi connectivity index (χ1n) is 4.92. The summed E-state index contributed by atoms with van der Waals surface area (Å²) in [5.74, 6) is -2.46. The number of primary amides is 1. The van der Waals surface area contributed by atoms with Crippen LogP contribution in [0.1, 0.15) is 20.8 Å². The number of amides is 1. The van der Waals surface area contributed by atoms with Crippen molar-refractivity contribution in [2.24, 2.45) is 11.1 Å². The van der Waals surface area contributed by atoms with Gasteiger partial charge in [-0.15, -0.1) is 0 Å². The van der Waals surface area contributed by atoms with Crippen LogP contribution < -0.4 is 5.73 Å². The number of aliphatic carboxylic acids is 1. The summed E-state index contributed by atoms with van der Waals surface area (Å²) < 4.78 is 24.3. The van der Waals surface area contributed by atoms with Crippen LogP contribution in [0, 0.1) is 5.41 Å². The summed E-state index contributed by atoms with van der Waals surface area (Å²) in [4.78, 5) is 21.3. The summed E-state index contributed by atoms with van der Waals surface area (Å²) in [7, 11) is -3.82. The molecule has 8 heteroatoms. The fourth-order valence-electron chi connectivity index (χ4n) is 1.22. The molecule has 0 fully saturated rings. The third-order valence-electron chi connectivity index (χ3n) is 1.65. The van der Waals surface area contributed by atoms with E-state index in [0.717, 1.165) is 0 Å². The van der Waals surface area contributed by atoms with E-state index < -0.39 is 40.4 Å². The fourth-order valence-corrected chi connectivity index (χ4v) is 3.12. The summed E-state index contributed by atoms with van der Waals surface area (Å²) in [6.45, 7) is 3.72. The van der Waals surface area contributed by atoms with Gasteiger partial charge in [-0.25, -0.2) is 8.42 Å². The molecular formula is C9H18N2O5S. The van der Waals surface area contributed by atoms with Gasteiger partial charge in [0, 0.05) is 0 Å². The van der Waals surface area contributed by atoms with Crippen molar-refractivity contribution in [3.63, 3.8) is 0 Å². The Bertz CT molecular complexity index is 380. The zero-order valence-electron chi connectivity index (χ0n) is 10.1. The number of carboxylic acids is 1. The van der Waals surface area contributed by atoms with Gasteiger partial charge in [0.05, 0.1) is 12.3 Å². The van der Waals surface area contributed by atoms with Crippen molar-refractivity contribution in [3.8, 4) is 0 Å². The molecule has 0 aliphatic carbocycles. The molecule has 0 bridgehead atoms. The van der Waals surface area contributed by atoms with Gasteiger partial charge in [-0.3, -0.25) is 9.59 Å². The van der Waals surface area contributed by atoms with Crippen LogP contribution in [0.4, 0.5) is 0 Å². The SMILES string of the molecule is CC(C)(C)CS(=O)(=O)N(CC(N)=O)CC(=O)O. The lowest BCUT2D eigenvalue weighted by Gasteiger charge is -2.24. The number of hydrogen-bond donors (Lipinski definition) is 2. The van der Waals surface area contributed by atoms with Gasteiger partial charge in [0.15, 0.2) is 0 Å². The minimum atomic E-state index is -3.82. The third-order valence-corrected chi connectivity index (χ3v) is 3.93. The standard InChI is InChI=1S/C9H18N2O5S/c1-9(2,3)6-17(15,16)11(4-7(10)12)5-8(13)14/h4-6H2,1-3H3,(H2,10,12)(H,13,14). The molecule has 0 atom stereocenters. The van der Waals surface area contributed by atoms with Crippen LogP contribution in [0.25, 0.3) is 0 Å². The van der Waals surface area contributed by atoms with Gasteiger partial charge in [0.2, 0.25) is 15.9 Å². The van der Waals surface area contributed by atoms with Gasteiger partial charge >= 0.3 is 5.97 Å². The molecule has 0 aromatic carbocycles. The number of sulfonamides is 1. The fraction of sp³-hybridized carbons (Fsp3) is 0.778. The van der Waals surface area contributed by atoms with E-state index in [9.17, 15) is 18.0 Å². The number of carboxylic acid groups (broad SMARTS) is 1. The van der Waals surface area contributed by atoms with Crippen LogP contribution in [0.3, 0.4) is 0 Å². The summed E-state index contributed by atoms with van der Waals surface area (Å²) in [6, 6.07) is 0. The number of carbonyl (C=O) groups is 2. The Kier molecular flexibility index (Phi) is 5.09. The molecule has 0 spiro atoms. The molecule has 17 heavy (non-hydrogen) atoms. The molecule has 100 valence electrons. The van der Waals surface area contributed by atoms with E-state index in [1.54, 1.807) is 20.8 Å². The van der Waals surface area contributed by atoms with Gasteiger partial charge in [-0.2, -0.15) is 4.31 Å². The van der Waals surface area contributed by atoms with Crippen molar-refractivity contribution < 1.29 is 23.1 Å². The predicted molar refractivity (Wildman–Crippen MR) is 61.6 cm³/mol. The first-order valence-corrected chi connectivity index (χ1v) is 6.53. The number of rotatable bonds is 6. The molecule has 0 unspecified atom stereocenters. The Balaban J connectivity index is 5.02. The molecule has 1 amide bonds. The summed E-state index contributed by atoms with van der Waals surface area (Å²) in [5, 5.41) is 8.60. The van der Waals surface area contributed by atoms with Gasteiger partial charge in [0.1, 0.15) is 6.54 Å². The normalized spacial score (nSPS) is 12.7. The second-order valence-electron chi connectivity index (χ2n) is 4.94. The van der Waals surface area contributed by atoms with E-state index in [1.807, 2.05) is 0 Å². The molecule has 0 radical (unpaired) electrons. The second-order valence-corrected chi connectivity index (χ2v) is 6.91. The molecule has 7 nitrogen and oxygen atoms in total. The van der Waals surface area contributed by atoms with Crippen LogP contribution in [0.15, 0.2) is 0 Å². The highest BCUT2D eigenvalue weighted by Gasteiger charge is 2.30. The van der Waals surface area contributed by atoms with Gasteiger partial charge in [-0.05, 0) is 5.41 Å². The van der Waals surface area contributed by atoms with Crippen molar-refractivity contribution in [3.05, 3.63) is 0 Å². The Morgan fingerprint density at radius 1 is 1.24 bits per heavy atom. The first-order chi connectivity index (χ1) is 7.44. The molecule has 0 aromatic rings. The highest BCUT2D eigenvalue weighted by Crippen LogP contribution is 2.18. The quantitative estimate of drug-likeness (QED) is 0.654. The van der Waals surface area contributed by atoms with Gasteiger partial charge in [0.25, 0.3) is 0 Å². The molecular weight excluding hydrogens is 248 g/mol. The van der Waals surface area contributed by atoms with Crippen molar-refractivity contribution in [1.29, 1.82) is 0 Å². The zero-order chi connectivity index (χ0) is 13.9. The molecule has 0 aliphatic heterocycles. The average Bonchev–Trinajstić information content (AvgIpc) is 1.95. The molecule has 0 saturated heterocycles. The van der Waals surface area contributed by atoms with Crippen molar-refractivity contribution in [2.75, 3.05) is 18.8 Å². The monoisotopic (exact) mass is 266 g/mol. The van der Waals surface area contributed by atoms with E-state index in [0.29, 0.717) is 4.31 Å². The third kappa shape index (κ3) is 6.90. The zero-order valence-corrected chi connectivity index (χ0v) is 11.0. The van der Waals surface area contributed by atoms with E-state index in [1.165, 1.54) is 0 Å². The van der Waals surface area contributed by atoms with E-state index in [4.69, 9.17) is 10.8 Å². The average molecular weight is 266 g/mol. The Hall–Kier alpha value is -1.15. The molecule has 0 heterocycles. The minimum Gasteiger partial charge on any atom is -0.480 e. The topological polar surface area (TPSA) is 118 Å². The summed E-state index contributed by atoms with van der Waals surface area (Å²) in [5.41, 5.74) is 4.36. The molecule has 0 aromatic heterocycles. The second kappa shape index (κ2) is 5.46.